The molecule has 0 spiro atoms. The fraction of sp³-hybridized carbons (Fsp3) is 0.118. The maximum atomic E-state index is 12.2. The molecule has 2 amide bonds. The van der Waals surface area contributed by atoms with E-state index in [1.165, 1.54) is 0 Å². The second kappa shape index (κ2) is 6.07. The third-order valence-electron chi connectivity index (χ3n) is 3.42. The normalized spacial score (nSPS) is 10.5. The molecule has 0 atom stereocenters. The first-order valence-corrected chi connectivity index (χ1v) is 7.74. The highest BCUT2D eigenvalue weighted by atomic mass is 32.1. The third-order valence-corrected chi connectivity index (χ3v) is 4.39. The number of carbonyl (C=O) groups excluding carboxylic acids is 1. The molecule has 0 bridgehead atoms. The summed E-state index contributed by atoms with van der Waals surface area (Å²) in [5.41, 5.74) is 2.53. The van der Waals surface area contributed by atoms with Crippen LogP contribution in [0.2, 0.25) is 0 Å². The highest BCUT2D eigenvalue weighted by Gasteiger charge is 2.09. The van der Waals surface area contributed by atoms with E-state index in [1.807, 2.05) is 48.7 Å². The molecule has 0 aliphatic heterocycles. The first-order valence-electron chi connectivity index (χ1n) is 6.86. The van der Waals surface area contributed by atoms with Gasteiger partial charge in [-0.3, -0.25) is 0 Å². The molecule has 5 heteroatoms. The number of rotatable bonds is 3. The Balaban J connectivity index is 1.78. The van der Waals surface area contributed by atoms with Gasteiger partial charge in [-0.25, -0.2) is 4.79 Å². The number of anilines is 2. The standard InChI is InChI=1S/C17H16N2O2S/c1-11-7-8-12(21-2)9-14(11)18-17(20)19-15-10-22-16-6-4-3-5-13(15)16/h3-10H,1-2H3,(H2,18,19,20). The highest BCUT2D eigenvalue weighted by molar-refractivity contribution is 7.17. The van der Waals surface area contributed by atoms with Gasteiger partial charge in [0.1, 0.15) is 5.75 Å². The van der Waals surface area contributed by atoms with E-state index in [2.05, 4.69) is 10.6 Å². The molecule has 2 N–H and O–H groups in total. The lowest BCUT2D eigenvalue weighted by molar-refractivity contribution is 0.262. The van der Waals surface area contributed by atoms with Gasteiger partial charge >= 0.3 is 6.03 Å². The van der Waals surface area contributed by atoms with Gasteiger partial charge in [0.25, 0.3) is 0 Å². The summed E-state index contributed by atoms with van der Waals surface area (Å²) in [5.74, 6) is 0.710. The number of nitrogens with one attached hydrogen (secondary N) is 2. The molecule has 4 nitrogen and oxygen atoms in total. The van der Waals surface area contributed by atoms with E-state index in [0.717, 1.165) is 27.0 Å². The van der Waals surface area contributed by atoms with Gasteiger partial charge < -0.3 is 15.4 Å². The van der Waals surface area contributed by atoms with Gasteiger partial charge in [0, 0.05) is 27.2 Å². The fourth-order valence-corrected chi connectivity index (χ4v) is 3.11. The molecule has 0 fully saturated rings. The molecule has 0 unspecified atom stereocenters. The molecule has 0 saturated carbocycles. The van der Waals surface area contributed by atoms with Gasteiger partial charge in [0.05, 0.1) is 12.8 Å². The Labute approximate surface area is 132 Å². The lowest BCUT2D eigenvalue weighted by Gasteiger charge is -2.11. The zero-order chi connectivity index (χ0) is 15.5. The van der Waals surface area contributed by atoms with Crippen molar-refractivity contribution in [1.82, 2.24) is 0 Å². The first kappa shape index (κ1) is 14.4. The number of carbonyl (C=O) groups is 1. The van der Waals surface area contributed by atoms with Crippen molar-refractivity contribution in [3.05, 3.63) is 53.4 Å². The molecular formula is C17H16N2O2S. The Bertz CT molecular complexity index is 826. The van der Waals surface area contributed by atoms with Crippen LogP contribution < -0.4 is 15.4 Å². The number of hydrogen-bond donors (Lipinski definition) is 2. The van der Waals surface area contributed by atoms with Crippen LogP contribution in [0.25, 0.3) is 10.1 Å². The third kappa shape index (κ3) is 2.89. The van der Waals surface area contributed by atoms with E-state index in [-0.39, 0.29) is 6.03 Å². The van der Waals surface area contributed by atoms with Crippen LogP contribution in [-0.4, -0.2) is 13.1 Å². The Hall–Kier alpha value is -2.53. The Morgan fingerprint density at radius 2 is 1.86 bits per heavy atom. The summed E-state index contributed by atoms with van der Waals surface area (Å²) in [4.78, 5) is 12.2. The van der Waals surface area contributed by atoms with Crippen LogP contribution in [0.3, 0.4) is 0 Å². The molecular weight excluding hydrogens is 296 g/mol. The number of methoxy groups -OCH3 is 1. The molecule has 0 aliphatic carbocycles. The van der Waals surface area contributed by atoms with Crippen molar-refractivity contribution in [3.63, 3.8) is 0 Å². The maximum Gasteiger partial charge on any atom is 0.323 e. The minimum atomic E-state index is -0.264. The average molecular weight is 312 g/mol. The van der Waals surface area contributed by atoms with E-state index in [9.17, 15) is 4.79 Å². The SMILES string of the molecule is COc1ccc(C)c(NC(=O)Nc2csc3ccccc23)c1. The largest absolute Gasteiger partial charge is 0.497 e. The molecule has 3 rings (SSSR count). The van der Waals surface area contributed by atoms with Gasteiger partial charge in [-0.2, -0.15) is 0 Å². The summed E-state index contributed by atoms with van der Waals surface area (Å²) in [7, 11) is 1.60. The number of amides is 2. The van der Waals surface area contributed by atoms with Crippen LogP contribution in [0, 0.1) is 6.92 Å². The van der Waals surface area contributed by atoms with Crippen molar-refractivity contribution in [2.75, 3.05) is 17.7 Å². The van der Waals surface area contributed by atoms with Crippen molar-refractivity contribution >= 4 is 38.8 Å². The van der Waals surface area contributed by atoms with Crippen molar-refractivity contribution in [2.45, 2.75) is 6.92 Å². The first-order chi connectivity index (χ1) is 10.7. The molecule has 0 aliphatic rings. The van der Waals surface area contributed by atoms with Gasteiger partial charge in [-0.1, -0.05) is 24.3 Å². The molecule has 0 radical (unpaired) electrons. The van der Waals surface area contributed by atoms with E-state index in [4.69, 9.17) is 4.74 Å². The summed E-state index contributed by atoms with van der Waals surface area (Å²) >= 11 is 1.61. The molecule has 1 aromatic heterocycles. The topological polar surface area (TPSA) is 50.4 Å². The van der Waals surface area contributed by atoms with Crippen LogP contribution >= 0.6 is 11.3 Å². The predicted molar refractivity (Wildman–Crippen MR) is 92.2 cm³/mol. The monoisotopic (exact) mass is 312 g/mol. The number of aryl methyl sites for hydroxylation is 1. The van der Waals surface area contributed by atoms with Crippen LogP contribution in [-0.2, 0) is 0 Å². The van der Waals surface area contributed by atoms with Crippen molar-refractivity contribution in [1.29, 1.82) is 0 Å². The lowest BCUT2D eigenvalue weighted by Crippen LogP contribution is -2.19. The number of thiophene rings is 1. The average Bonchev–Trinajstić information content (AvgIpc) is 2.93. The zero-order valence-corrected chi connectivity index (χ0v) is 13.2. The van der Waals surface area contributed by atoms with E-state index in [1.54, 1.807) is 24.5 Å². The van der Waals surface area contributed by atoms with Crippen LogP contribution in [0.1, 0.15) is 5.56 Å². The summed E-state index contributed by atoms with van der Waals surface area (Å²) in [6.45, 7) is 1.94. The van der Waals surface area contributed by atoms with Crippen LogP contribution in [0.4, 0.5) is 16.2 Å². The number of ether oxygens (including phenoxy) is 1. The summed E-state index contributed by atoms with van der Waals surface area (Å²) < 4.78 is 6.33. The molecule has 2 aromatic carbocycles. The molecule has 1 heterocycles. The fourth-order valence-electron chi connectivity index (χ4n) is 2.21. The molecule has 0 saturated heterocycles. The van der Waals surface area contributed by atoms with Crippen molar-refractivity contribution in [2.24, 2.45) is 0 Å². The Morgan fingerprint density at radius 3 is 2.68 bits per heavy atom. The number of urea groups is 1. The second-order valence-corrected chi connectivity index (χ2v) is 5.82. The Kier molecular flexibility index (Phi) is 3.98. The van der Waals surface area contributed by atoms with Crippen LogP contribution in [0.15, 0.2) is 47.8 Å². The highest BCUT2D eigenvalue weighted by Crippen LogP contribution is 2.30. The van der Waals surface area contributed by atoms with E-state index >= 15 is 0 Å². The van der Waals surface area contributed by atoms with Crippen molar-refractivity contribution in [3.8, 4) is 5.75 Å². The molecule has 112 valence electrons. The predicted octanol–water partition coefficient (Wildman–Crippen LogP) is 4.86. The zero-order valence-electron chi connectivity index (χ0n) is 12.3. The second-order valence-electron chi connectivity index (χ2n) is 4.91. The molecule has 3 aromatic rings. The summed E-state index contributed by atoms with van der Waals surface area (Å²) in [6, 6.07) is 13.3. The van der Waals surface area contributed by atoms with E-state index < -0.39 is 0 Å². The van der Waals surface area contributed by atoms with Gasteiger partial charge in [0.15, 0.2) is 0 Å². The minimum Gasteiger partial charge on any atom is -0.497 e. The van der Waals surface area contributed by atoms with Gasteiger partial charge in [0.2, 0.25) is 0 Å². The number of benzene rings is 2. The smallest absolute Gasteiger partial charge is 0.323 e. The molecule has 22 heavy (non-hydrogen) atoms. The van der Waals surface area contributed by atoms with Crippen molar-refractivity contribution < 1.29 is 9.53 Å². The van der Waals surface area contributed by atoms with Crippen LogP contribution in [0.5, 0.6) is 5.75 Å². The Morgan fingerprint density at radius 1 is 1.09 bits per heavy atom. The van der Waals surface area contributed by atoms with E-state index in [0.29, 0.717) is 5.75 Å². The quantitative estimate of drug-likeness (QED) is 0.725. The number of hydrogen-bond acceptors (Lipinski definition) is 3. The number of fused-ring (bicyclic) bond motifs is 1. The summed E-state index contributed by atoms with van der Waals surface area (Å²) in [6.07, 6.45) is 0. The van der Waals surface area contributed by atoms with Gasteiger partial charge in [-0.05, 0) is 24.6 Å². The maximum absolute atomic E-state index is 12.2. The lowest BCUT2D eigenvalue weighted by atomic mass is 10.2. The summed E-state index contributed by atoms with van der Waals surface area (Å²) in [5, 5.41) is 8.75. The van der Waals surface area contributed by atoms with Gasteiger partial charge in [-0.15, -0.1) is 11.3 Å². The minimum absolute atomic E-state index is 0.264.